The van der Waals surface area contributed by atoms with Crippen molar-refractivity contribution in [2.45, 2.75) is 23.8 Å². The van der Waals surface area contributed by atoms with Gasteiger partial charge in [-0.05, 0) is 48.0 Å². The van der Waals surface area contributed by atoms with Crippen LogP contribution in [0, 0.1) is 0 Å². The van der Waals surface area contributed by atoms with E-state index >= 15 is 0 Å². The van der Waals surface area contributed by atoms with Crippen LogP contribution in [0.15, 0.2) is 77.7 Å². The summed E-state index contributed by atoms with van der Waals surface area (Å²) in [5, 5.41) is 2.21. The molecule has 1 N–H and O–H groups in total. The molecule has 1 amide bonds. The van der Waals surface area contributed by atoms with E-state index in [2.05, 4.69) is 0 Å². The van der Waals surface area contributed by atoms with Crippen LogP contribution >= 0.6 is 11.6 Å². The number of sulfonamides is 1. The zero-order valence-corrected chi connectivity index (χ0v) is 19.6. The lowest BCUT2D eigenvalue weighted by Crippen LogP contribution is -2.37. The summed E-state index contributed by atoms with van der Waals surface area (Å²) in [6.45, 7) is -1.19. The van der Waals surface area contributed by atoms with Crippen LogP contribution in [0.3, 0.4) is 0 Å². The highest BCUT2D eigenvalue weighted by Crippen LogP contribution is 2.37. The number of nitrogens with zero attached hydrogens (tertiary/aromatic N) is 1. The summed E-state index contributed by atoms with van der Waals surface area (Å²) in [5.74, 6) is -1.14. The fraction of sp³-hybridized carbons (Fsp3) is 0.174. The number of alkyl halides is 6. The van der Waals surface area contributed by atoms with Gasteiger partial charge in [0.15, 0.2) is 0 Å². The number of nitrogens with one attached hydrogen (secondary N) is 1. The molecule has 0 fully saturated rings. The second kappa shape index (κ2) is 10.5. The van der Waals surface area contributed by atoms with E-state index in [1.807, 2.05) is 5.32 Å². The van der Waals surface area contributed by atoms with Gasteiger partial charge in [0.2, 0.25) is 15.9 Å². The van der Waals surface area contributed by atoms with Gasteiger partial charge >= 0.3 is 12.4 Å². The predicted octanol–water partition coefficient (Wildman–Crippen LogP) is 6.21. The molecule has 36 heavy (non-hydrogen) atoms. The number of anilines is 1. The number of benzene rings is 3. The predicted molar refractivity (Wildman–Crippen MR) is 121 cm³/mol. The number of hydrogen-bond acceptors (Lipinski definition) is 3. The molecule has 3 rings (SSSR count). The molecule has 0 aliphatic heterocycles. The largest absolute Gasteiger partial charge is 0.416 e. The lowest BCUT2D eigenvalue weighted by molar-refractivity contribution is -0.143. The Labute approximate surface area is 207 Å². The smallest absolute Gasteiger partial charge is 0.325 e. The quantitative estimate of drug-likeness (QED) is 0.356. The molecule has 0 saturated heterocycles. The Morgan fingerprint density at radius 2 is 1.36 bits per heavy atom. The van der Waals surface area contributed by atoms with Gasteiger partial charge in [0.25, 0.3) is 0 Å². The summed E-state index contributed by atoms with van der Waals surface area (Å²) < 4.78 is 106. The molecule has 0 aromatic heterocycles. The Morgan fingerprint density at radius 3 is 1.86 bits per heavy atom. The molecule has 0 spiro atoms. The second-order valence-corrected chi connectivity index (χ2v) is 9.93. The normalized spacial score (nSPS) is 12.6. The summed E-state index contributed by atoms with van der Waals surface area (Å²) in [5.41, 5.74) is -3.54. The van der Waals surface area contributed by atoms with E-state index in [0.717, 1.165) is 4.31 Å². The average Bonchev–Trinajstić information content (AvgIpc) is 2.78. The molecule has 3 aromatic rings. The summed E-state index contributed by atoms with van der Waals surface area (Å²) in [4.78, 5) is 12.5. The molecule has 0 atom stereocenters. The minimum atomic E-state index is -5.11. The highest BCUT2D eigenvalue weighted by molar-refractivity contribution is 7.89. The molecule has 192 valence electrons. The Bertz CT molecular complexity index is 1300. The average molecular weight is 551 g/mol. The minimum Gasteiger partial charge on any atom is -0.325 e. The zero-order chi connectivity index (χ0) is 26.7. The summed E-state index contributed by atoms with van der Waals surface area (Å²) in [6, 6.07) is 13.7. The van der Waals surface area contributed by atoms with Gasteiger partial charge in [-0.3, -0.25) is 4.79 Å². The third kappa shape index (κ3) is 6.99. The molecule has 0 saturated carbocycles. The highest BCUT2D eigenvalue weighted by Gasteiger charge is 2.37. The highest BCUT2D eigenvalue weighted by atomic mass is 35.5. The SMILES string of the molecule is O=C(CN(Cc1ccccc1)S(=O)(=O)c1ccc(Cl)cc1)Nc1cc(C(F)(F)F)cc(C(F)(F)F)c1. The fourth-order valence-electron chi connectivity index (χ4n) is 3.16. The van der Waals surface area contributed by atoms with Gasteiger partial charge in [0.1, 0.15) is 0 Å². The Kier molecular flexibility index (Phi) is 8.01. The molecule has 0 unspecified atom stereocenters. The van der Waals surface area contributed by atoms with E-state index in [4.69, 9.17) is 11.6 Å². The van der Waals surface area contributed by atoms with E-state index in [0.29, 0.717) is 17.7 Å². The number of carbonyl (C=O) groups is 1. The van der Waals surface area contributed by atoms with Crippen molar-refractivity contribution in [3.63, 3.8) is 0 Å². The topological polar surface area (TPSA) is 66.5 Å². The van der Waals surface area contributed by atoms with E-state index < -0.39 is 51.6 Å². The van der Waals surface area contributed by atoms with Crippen molar-refractivity contribution in [3.8, 4) is 0 Å². The van der Waals surface area contributed by atoms with Crippen molar-refractivity contribution in [1.82, 2.24) is 4.31 Å². The molecule has 13 heteroatoms. The van der Waals surface area contributed by atoms with Gasteiger partial charge < -0.3 is 5.32 Å². The molecule has 5 nitrogen and oxygen atoms in total. The second-order valence-electron chi connectivity index (χ2n) is 7.56. The molecule has 0 aliphatic rings. The van der Waals surface area contributed by atoms with Gasteiger partial charge in [-0.15, -0.1) is 0 Å². The lowest BCUT2D eigenvalue weighted by atomic mass is 10.1. The van der Waals surface area contributed by atoms with Crippen LogP contribution in [0.25, 0.3) is 0 Å². The number of carbonyl (C=O) groups excluding carboxylic acids is 1. The fourth-order valence-corrected chi connectivity index (χ4v) is 4.67. The first kappa shape index (κ1) is 27.5. The van der Waals surface area contributed by atoms with Crippen LogP contribution in [0.1, 0.15) is 16.7 Å². The van der Waals surface area contributed by atoms with E-state index in [1.54, 1.807) is 30.3 Å². The van der Waals surface area contributed by atoms with Crippen LogP contribution < -0.4 is 5.32 Å². The number of rotatable bonds is 7. The summed E-state index contributed by atoms with van der Waals surface area (Å²) >= 11 is 5.80. The molecule has 0 bridgehead atoms. The van der Waals surface area contributed by atoms with Crippen molar-refractivity contribution in [2.24, 2.45) is 0 Å². The lowest BCUT2D eigenvalue weighted by Gasteiger charge is -2.22. The van der Waals surface area contributed by atoms with Crippen molar-refractivity contribution in [1.29, 1.82) is 0 Å². The van der Waals surface area contributed by atoms with E-state index in [1.165, 1.54) is 24.3 Å². The maximum absolute atomic E-state index is 13.2. The molecule has 0 aliphatic carbocycles. The summed E-state index contributed by atoms with van der Waals surface area (Å²) in [6.07, 6.45) is -10.2. The van der Waals surface area contributed by atoms with Gasteiger partial charge in [0, 0.05) is 17.3 Å². The van der Waals surface area contributed by atoms with E-state index in [-0.39, 0.29) is 22.5 Å². The maximum Gasteiger partial charge on any atom is 0.416 e. The Morgan fingerprint density at radius 1 is 0.833 bits per heavy atom. The van der Waals surface area contributed by atoms with E-state index in [9.17, 15) is 39.6 Å². The monoisotopic (exact) mass is 550 g/mol. The van der Waals surface area contributed by atoms with Crippen molar-refractivity contribution in [3.05, 3.63) is 94.5 Å². The minimum absolute atomic E-state index is 0.0810. The molecule has 3 aromatic carbocycles. The van der Waals surface area contributed by atoms with Crippen molar-refractivity contribution in [2.75, 3.05) is 11.9 Å². The number of hydrogen-bond donors (Lipinski definition) is 1. The number of halogens is 7. The van der Waals surface area contributed by atoms with Crippen molar-refractivity contribution >= 4 is 33.2 Å². The first-order valence-electron chi connectivity index (χ1n) is 10.1. The number of amides is 1. The standard InChI is InChI=1S/C23H17ClF6N2O3S/c24-18-6-8-20(9-7-18)36(34,35)32(13-15-4-2-1-3-5-15)14-21(33)31-19-11-16(22(25,26)27)10-17(12-19)23(28,29)30/h1-12H,13-14H2,(H,31,33). The Balaban J connectivity index is 1.93. The molecule has 0 radical (unpaired) electrons. The zero-order valence-electron chi connectivity index (χ0n) is 18.1. The molecular weight excluding hydrogens is 534 g/mol. The van der Waals surface area contributed by atoms with Crippen LogP contribution in [-0.4, -0.2) is 25.2 Å². The van der Waals surface area contributed by atoms with Crippen molar-refractivity contribution < 1.29 is 39.6 Å². The first-order valence-corrected chi connectivity index (χ1v) is 11.9. The van der Waals surface area contributed by atoms with Gasteiger partial charge in [-0.25, -0.2) is 8.42 Å². The Hall–Kier alpha value is -3.09. The maximum atomic E-state index is 13.2. The van der Waals surface area contributed by atoms with Crippen LogP contribution in [0.2, 0.25) is 5.02 Å². The van der Waals surface area contributed by atoms with Crippen LogP contribution in [0.4, 0.5) is 32.0 Å². The summed E-state index contributed by atoms with van der Waals surface area (Å²) in [7, 11) is -4.31. The molecule has 0 heterocycles. The van der Waals surface area contributed by atoms with Gasteiger partial charge in [0.05, 0.1) is 22.6 Å². The van der Waals surface area contributed by atoms with Gasteiger partial charge in [-0.2, -0.15) is 30.6 Å². The first-order chi connectivity index (χ1) is 16.7. The van der Waals surface area contributed by atoms with Crippen LogP contribution in [-0.2, 0) is 33.7 Å². The third-order valence-electron chi connectivity index (χ3n) is 4.84. The third-order valence-corrected chi connectivity index (χ3v) is 6.90. The van der Waals surface area contributed by atoms with Crippen LogP contribution in [0.5, 0.6) is 0 Å². The van der Waals surface area contributed by atoms with Gasteiger partial charge in [-0.1, -0.05) is 41.9 Å². The molecular formula is C23H17ClF6N2O3S.